The molecule has 0 unspecified atom stereocenters. The molecule has 0 radical (unpaired) electrons. The van der Waals surface area contributed by atoms with Crippen LogP contribution in [0, 0.1) is 34.8 Å². The smallest absolute Gasteiger partial charge is 0.142 e. The third kappa shape index (κ3) is 3.55. The van der Waals surface area contributed by atoms with Gasteiger partial charge in [-0.1, -0.05) is 24.0 Å². The molecule has 21 heavy (non-hydrogen) atoms. The van der Waals surface area contributed by atoms with Gasteiger partial charge in [0.15, 0.2) is 0 Å². The maximum atomic E-state index is 13.8. The molecule has 0 aliphatic rings. The molecule has 0 aliphatic carbocycles. The van der Waals surface area contributed by atoms with E-state index in [4.69, 9.17) is 5.26 Å². The van der Waals surface area contributed by atoms with Crippen LogP contribution in [0.3, 0.4) is 0 Å². The third-order valence-electron chi connectivity index (χ3n) is 2.77. The van der Waals surface area contributed by atoms with E-state index in [2.05, 4.69) is 11.8 Å². The van der Waals surface area contributed by atoms with Crippen molar-refractivity contribution in [2.24, 2.45) is 0 Å². The summed E-state index contributed by atoms with van der Waals surface area (Å²) in [4.78, 5) is 0. The van der Waals surface area contributed by atoms with Crippen LogP contribution in [0.2, 0.25) is 0 Å². The first-order valence-corrected chi connectivity index (χ1v) is 6.28. The zero-order chi connectivity index (χ0) is 15.2. The van der Waals surface area contributed by atoms with Crippen molar-refractivity contribution in [3.8, 4) is 17.9 Å². The zero-order valence-electron chi connectivity index (χ0n) is 11.3. The largest absolute Gasteiger partial charge is 0.205 e. The number of rotatable bonds is 1. The molecule has 3 heteroatoms. The second kappa shape index (κ2) is 6.50. The Morgan fingerprint density at radius 2 is 1.52 bits per heavy atom. The minimum atomic E-state index is -0.691. The standard InChI is InChI=1S/C18H11F2N/c1-2-3-15-10-17(19)16(18(20)11-15)9-8-13-4-6-14(12-21)7-5-13/h2-7,10-11H,1H3. The molecule has 0 amide bonds. The molecule has 0 spiro atoms. The Hall–Kier alpha value is -2.91. The van der Waals surface area contributed by atoms with Gasteiger partial charge in [0, 0.05) is 5.56 Å². The summed E-state index contributed by atoms with van der Waals surface area (Å²) in [5.74, 6) is 3.80. The average Bonchev–Trinajstić information content (AvgIpc) is 2.47. The van der Waals surface area contributed by atoms with E-state index in [1.165, 1.54) is 12.1 Å². The van der Waals surface area contributed by atoms with E-state index >= 15 is 0 Å². The van der Waals surface area contributed by atoms with Gasteiger partial charge >= 0.3 is 0 Å². The molecule has 0 atom stereocenters. The van der Waals surface area contributed by atoms with Crippen molar-refractivity contribution in [1.29, 1.82) is 5.26 Å². The lowest BCUT2D eigenvalue weighted by molar-refractivity contribution is 0.577. The van der Waals surface area contributed by atoms with E-state index in [0.29, 0.717) is 16.7 Å². The highest BCUT2D eigenvalue weighted by Crippen LogP contribution is 2.16. The number of halogens is 2. The van der Waals surface area contributed by atoms with Crippen LogP contribution in [0.1, 0.15) is 29.2 Å². The van der Waals surface area contributed by atoms with Gasteiger partial charge in [-0.25, -0.2) is 8.78 Å². The fourth-order valence-corrected chi connectivity index (χ4v) is 1.76. The lowest BCUT2D eigenvalue weighted by Crippen LogP contribution is -1.92. The maximum Gasteiger partial charge on any atom is 0.142 e. The first-order valence-electron chi connectivity index (χ1n) is 6.28. The first kappa shape index (κ1) is 14.5. The Kier molecular flexibility index (Phi) is 4.49. The number of allylic oxidation sites excluding steroid dienone is 1. The summed E-state index contributed by atoms with van der Waals surface area (Å²) in [5, 5.41) is 8.69. The second-order valence-corrected chi connectivity index (χ2v) is 4.30. The van der Waals surface area contributed by atoms with Crippen molar-refractivity contribution >= 4 is 6.08 Å². The average molecular weight is 279 g/mol. The Balaban J connectivity index is 2.36. The number of hydrogen-bond donors (Lipinski definition) is 0. The van der Waals surface area contributed by atoms with E-state index in [0.717, 1.165) is 0 Å². The van der Waals surface area contributed by atoms with Crippen LogP contribution in [0.15, 0.2) is 42.5 Å². The summed E-state index contributed by atoms with van der Waals surface area (Å²) in [6, 6.07) is 10.9. The van der Waals surface area contributed by atoms with Crippen LogP contribution < -0.4 is 0 Å². The van der Waals surface area contributed by atoms with Crippen molar-refractivity contribution < 1.29 is 8.78 Å². The van der Waals surface area contributed by atoms with Crippen molar-refractivity contribution in [2.75, 3.05) is 0 Å². The van der Waals surface area contributed by atoms with Crippen LogP contribution in [0.5, 0.6) is 0 Å². The minimum Gasteiger partial charge on any atom is -0.205 e. The van der Waals surface area contributed by atoms with Gasteiger partial charge < -0.3 is 0 Å². The second-order valence-electron chi connectivity index (χ2n) is 4.30. The molecular formula is C18H11F2N. The van der Waals surface area contributed by atoms with Gasteiger partial charge in [0.2, 0.25) is 0 Å². The number of hydrogen-bond acceptors (Lipinski definition) is 1. The molecule has 0 heterocycles. The summed E-state index contributed by atoms with van der Waals surface area (Å²) in [6.45, 7) is 1.77. The van der Waals surface area contributed by atoms with Crippen molar-refractivity contribution in [1.82, 2.24) is 0 Å². The fraction of sp³-hybridized carbons (Fsp3) is 0.0556. The van der Waals surface area contributed by atoms with Crippen LogP contribution in [-0.2, 0) is 0 Å². The van der Waals surface area contributed by atoms with E-state index in [-0.39, 0.29) is 5.56 Å². The Bertz CT molecular complexity index is 762. The van der Waals surface area contributed by atoms with Gasteiger partial charge in [-0.3, -0.25) is 0 Å². The summed E-state index contributed by atoms with van der Waals surface area (Å²) in [6.07, 6.45) is 3.32. The van der Waals surface area contributed by atoms with E-state index < -0.39 is 11.6 Å². The fourth-order valence-electron chi connectivity index (χ4n) is 1.76. The molecule has 2 aromatic rings. The quantitative estimate of drug-likeness (QED) is 0.715. The first-order chi connectivity index (χ1) is 10.1. The molecule has 102 valence electrons. The highest BCUT2D eigenvalue weighted by atomic mass is 19.1. The van der Waals surface area contributed by atoms with Crippen LogP contribution in [0.25, 0.3) is 6.08 Å². The molecule has 0 N–H and O–H groups in total. The van der Waals surface area contributed by atoms with Gasteiger partial charge in [0.05, 0.1) is 17.2 Å². The van der Waals surface area contributed by atoms with Gasteiger partial charge in [0.1, 0.15) is 11.6 Å². The predicted molar refractivity (Wildman–Crippen MR) is 78.2 cm³/mol. The van der Waals surface area contributed by atoms with Gasteiger partial charge in [0.25, 0.3) is 0 Å². The highest BCUT2D eigenvalue weighted by Gasteiger charge is 2.07. The molecule has 0 saturated heterocycles. The maximum absolute atomic E-state index is 13.8. The molecule has 2 aromatic carbocycles. The summed E-state index contributed by atoms with van der Waals surface area (Å²) in [7, 11) is 0. The Morgan fingerprint density at radius 1 is 0.952 bits per heavy atom. The van der Waals surface area contributed by atoms with E-state index in [9.17, 15) is 8.78 Å². The SMILES string of the molecule is CC=Cc1cc(F)c(C#Cc2ccc(C#N)cc2)c(F)c1. The predicted octanol–water partition coefficient (Wildman–Crippen LogP) is 4.27. The summed E-state index contributed by atoms with van der Waals surface area (Å²) in [5.41, 5.74) is 1.29. The van der Waals surface area contributed by atoms with E-state index in [1.807, 2.05) is 6.07 Å². The number of nitrogens with zero attached hydrogens (tertiary/aromatic N) is 1. The molecule has 0 fully saturated rings. The summed E-state index contributed by atoms with van der Waals surface area (Å²) >= 11 is 0. The Morgan fingerprint density at radius 3 is 2.05 bits per heavy atom. The molecule has 2 rings (SSSR count). The molecule has 0 saturated carbocycles. The van der Waals surface area contributed by atoms with Gasteiger partial charge in [-0.2, -0.15) is 5.26 Å². The molecule has 0 aliphatic heterocycles. The molecule has 0 bridgehead atoms. The van der Waals surface area contributed by atoms with Gasteiger partial charge in [-0.05, 0) is 48.9 Å². The molecule has 1 nitrogen and oxygen atoms in total. The topological polar surface area (TPSA) is 23.8 Å². The summed E-state index contributed by atoms with van der Waals surface area (Å²) < 4.78 is 27.7. The zero-order valence-corrected chi connectivity index (χ0v) is 11.3. The number of benzene rings is 2. The molecular weight excluding hydrogens is 268 g/mol. The van der Waals surface area contributed by atoms with Crippen LogP contribution in [0.4, 0.5) is 8.78 Å². The minimum absolute atomic E-state index is 0.257. The van der Waals surface area contributed by atoms with E-state index in [1.54, 1.807) is 43.3 Å². The van der Waals surface area contributed by atoms with Crippen molar-refractivity contribution in [2.45, 2.75) is 6.92 Å². The van der Waals surface area contributed by atoms with Crippen molar-refractivity contribution in [3.05, 3.63) is 76.4 Å². The Labute approximate surface area is 122 Å². The number of nitriles is 1. The monoisotopic (exact) mass is 279 g/mol. The van der Waals surface area contributed by atoms with Crippen molar-refractivity contribution in [3.63, 3.8) is 0 Å². The normalized spacial score (nSPS) is 10.0. The highest BCUT2D eigenvalue weighted by molar-refractivity contribution is 5.53. The van der Waals surface area contributed by atoms with Crippen LogP contribution in [-0.4, -0.2) is 0 Å². The van der Waals surface area contributed by atoms with Gasteiger partial charge in [-0.15, -0.1) is 0 Å². The lowest BCUT2D eigenvalue weighted by atomic mass is 10.1. The molecule has 0 aromatic heterocycles. The lowest BCUT2D eigenvalue weighted by Gasteiger charge is -2.00. The van der Waals surface area contributed by atoms with Crippen LogP contribution >= 0.6 is 0 Å². The third-order valence-corrected chi connectivity index (χ3v) is 2.77.